The molecule has 1 amide bonds. The number of pyridine rings is 1. The van der Waals surface area contributed by atoms with Crippen molar-refractivity contribution in [2.45, 2.75) is 39.5 Å². The Balaban J connectivity index is 1.62. The Morgan fingerprint density at radius 3 is 2.59 bits per heavy atom. The fraction of sp³-hybridized carbons (Fsp3) is 0.273. The van der Waals surface area contributed by atoms with E-state index in [0.717, 1.165) is 0 Å². The van der Waals surface area contributed by atoms with Gasteiger partial charge in [0, 0.05) is 35.6 Å². The minimum Gasteiger partial charge on any atom is -0.329 e. The van der Waals surface area contributed by atoms with Crippen LogP contribution in [0.5, 0.6) is 0 Å². The monoisotopic (exact) mass is 471 g/mol. The molecule has 34 heavy (non-hydrogen) atoms. The topological polar surface area (TPSA) is 108 Å². The van der Waals surface area contributed by atoms with Gasteiger partial charge in [-0.15, -0.1) is 0 Å². The number of amides is 1. The highest BCUT2D eigenvalue weighted by Gasteiger charge is 2.31. The van der Waals surface area contributed by atoms with Crippen LogP contribution >= 0.6 is 0 Å². The number of hydrogen-bond acceptors (Lipinski definition) is 6. The highest BCUT2D eigenvalue weighted by Crippen LogP contribution is 2.25. The van der Waals surface area contributed by atoms with Crippen molar-refractivity contribution in [3.8, 4) is 0 Å². The first kappa shape index (κ1) is 23.1. The van der Waals surface area contributed by atoms with Crippen LogP contribution in [0.15, 0.2) is 43.2 Å². The molecule has 4 rings (SSSR count). The normalized spacial score (nSPS) is 11.9. The van der Waals surface area contributed by atoms with Gasteiger partial charge in [0.15, 0.2) is 5.78 Å². The molecule has 9 nitrogen and oxygen atoms in total. The van der Waals surface area contributed by atoms with Crippen LogP contribution in [0.2, 0.25) is 0 Å². The van der Waals surface area contributed by atoms with Crippen LogP contribution in [-0.2, 0) is 6.54 Å². The Hall–Kier alpha value is -4.09. The highest BCUT2D eigenvalue weighted by molar-refractivity contribution is 6.16. The number of halogens is 3. The Morgan fingerprint density at radius 1 is 1.12 bits per heavy atom. The second-order valence-electron chi connectivity index (χ2n) is 7.99. The van der Waals surface area contributed by atoms with Crippen molar-refractivity contribution in [3.63, 3.8) is 0 Å². The molecule has 0 aliphatic carbocycles. The summed E-state index contributed by atoms with van der Waals surface area (Å²) in [4.78, 5) is 38.2. The summed E-state index contributed by atoms with van der Waals surface area (Å²) in [6, 6.07) is 2.71. The second-order valence-corrected chi connectivity index (χ2v) is 7.99. The molecule has 0 atom stereocenters. The number of carbonyl (C=O) groups is 2. The maximum absolute atomic E-state index is 13.3. The zero-order valence-electron chi connectivity index (χ0n) is 18.5. The molecule has 0 aliphatic rings. The number of ketones is 1. The van der Waals surface area contributed by atoms with Crippen molar-refractivity contribution in [1.82, 2.24) is 29.3 Å². The largest absolute Gasteiger partial charge is 0.408 e. The van der Waals surface area contributed by atoms with Gasteiger partial charge in [-0.05, 0) is 32.9 Å². The van der Waals surface area contributed by atoms with Gasteiger partial charge in [0.2, 0.25) is 0 Å². The molecule has 0 spiro atoms. The lowest BCUT2D eigenvalue weighted by atomic mass is 10.1. The first-order valence-electron chi connectivity index (χ1n) is 10.3. The minimum atomic E-state index is -4.54. The molecular formula is C22H20F3N7O2. The van der Waals surface area contributed by atoms with Gasteiger partial charge in [-0.3, -0.25) is 19.3 Å². The summed E-state index contributed by atoms with van der Waals surface area (Å²) in [5, 5.41) is 6.81. The summed E-state index contributed by atoms with van der Waals surface area (Å²) in [7, 11) is 0. The number of nitrogens with one attached hydrogen (secondary N) is 1. The zero-order valence-corrected chi connectivity index (χ0v) is 18.5. The average Bonchev–Trinajstić information content (AvgIpc) is 3.32. The number of aryl methyl sites for hydroxylation is 1. The Labute approximate surface area is 191 Å². The molecule has 0 aliphatic heterocycles. The zero-order chi connectivity index (χ0) is 24.6. The smallest absolute Gasteiger partial charge is 0.329 e. The molecule has 0 saturated carbocycles. The molecule has 4 aromatic rings. The molecule has 0 aromatic carbocycles. The van der Waals surface area contributed by atoms with Gasteiger partial charge in [0.05, 0.1) is 23.1 Å². The third kappa shape index (κ3) is 4.65. The SMILES string of the molecule is Cc1cc(C(=O)Nc2cncc(C(=O)c3cn(C(C)C)c4ncncc34)c2)n(CC(F)(F)F)n1. The first-order chi connectivity index (χ1) is 16.0. The summed E-state index contributed by atoms with van der Waals surface area (Å²) in [5.41, 5.74) is 1.32. The number of nitrogens with zero attached hydrogens (tertiary/aromatic N) is 6. The standard InChI is InChI=1S/C22H20F3N7O2/c1-12(2)31-9-17(16-8-27-11-28-20(16)31)19(33)14-5-15(7-26-6-14)29-21(34)18-4-13(3)30-32(18)10-22(23,24)25/h4-9,11-12H,10H2,1-3H3,(H,29,34). The Bertz CT molecular complexity index is 1390. The number of alkyl halides is 3. The van der Waals surface area contributed by atoms with E-state index in [1.807, 2.05) is 18.4 Å². The Kier molecular flexibility index (Phi) is 5.90. The van der Waals surface area contributed by atoms with Crippen LogP contribution in [0, 0.1) is 6.92 Å². The number of carbonyl (C=O) groups excluding carboxylic acids is 2. The van der Waals surface area contributed by atoms with Crippen LogP contribution < -0.4 is 5.32 Å². The lowest BCUT2D eigenvalue weighted by Crippen LogP contribution is -2.24. The molecular weight excluding hydrogens is 451 g/mol. The molecule has 0 saturated heterocycles. The fourth-order valence-corrected chi connectivity index (χ4v) is 3.56. The summed E-state index contributed by atoms with van der Waals surface area (Å²) < 4.78 is 41.0. The minimum absolute atomic E-state index is 0.0488. The molecule has 0 bridgehead atoms. The number of fused-ring (bicyclic) bond motifs is 1. The lowest BCUT2D eigenvalue weighted by Gasteiger charge is -2.11. The quantitative estimate of drug-likeness (QED) is 0.427. The van der Waals surface area contributed by atoms with Gasteiger partial charge < -0.3 is 9.88 Å². The van der Waals surface area contributed by atoms with Crippen molar-refractivity contribution >= 4 is 28.4 Å². The maximum Gasteiger partial charge on any atom is 0.408 e. The molecule has 0 unspecified atom stereocenters. The molecule has 176 valence electrons. The van der Waals surface area contributed by atoms with E-state index >= 15 is 0 Å². The molecule has 4 heterocycles. The van der Waals surface area contributed by atoms with Gasteiger partial charge in [-0.1, -0.05) is 0 Å². The van der Waals surface area contributed by atoms with Gasteiger partial charge in [0.1, 0.15) is 24.2 Å². The van der Waals surface area contributed by atoms with E-state index in [1.165, 1.54) is 37.8 Å². The van der Waals surface area contributed by atoms with Crippen molar-refractivity contribution in [2.75, 3.05) is 5.32 Å². The number of rotatable bonds is 6. The lowest BCUT2D eigenvalue weighted by molar-refractivity contribution is -0.142. The van der Waals surface area contributed by atoms with Gasteiger partial charge >= 0.3 is 6.18 Å². The number of aromatic nitrogens is 6. The van der Waals surface area contributed by atoms with Crippen molar-refractivity contribution in [3.05, 3.63) is 65.8 Å². The van der Waals surface area contributed by atoms with Crippen LogP contribution in [0.25, 0.3) is 11.0 Å². The van der Waals surface area contributed by atoms with Crippen LogP contribution in [0.3, 0.4) is 0 Å². The third-order valence-electron chi connectivity index (χ3n) is 5.02. The average molecular weight is 471 g/mol. The summed E-state index contributed by atoms with van der Waals surface area (Å²) in [6.07, 6.45) is 2.75. The van der Waals surface area contributed by atoms with Gasteiger partial charge in [0.25, 0.3) is 5.91 Å². The first-order valence-corrected chi connectivity index (χ1v) is 10.3. The second kappa shape index (κ2) is 8.69. The predicted molar refractivity (Wildman–Crippen MR) is 117 cm³/mol. The number of anilines is 1. The van der Waals surface area contributed by atoms with E-state index < -0.39 is 18.6 Å². The van der Waals surface area contributed by atoms with Crippen LogP contribution in [0.4, 0.5) is 18.9 Å². The molecule has 1 N–H and O–H groups in total. The maximum atomic E-state index is 13.3. The van der Waals surface area contributed by atoms with E-state index in [-0.39, 0.29) is 34.5 Å². The van der Waals surface area contributed by atoms with Crippen molar-refractivity contribution < 1.29 is 22.8 Å². The molecule has 4 aromatic heterocycles. The van der Waals surface area contributed by atoms with Crippen molar-refractivity contribution in [1.29, 1.82) is 0 Å². The fourth-order valence-electron chi connectivity index (χ4n) is 3.56. The van der Waals surface area contributed by atoms with Crippen LogP contribution in [-0.4, -0.2) is 47.2 Å². The van der Waals surface area contributed by atoms with Crippen molar-refractivity contribution in [2.24, 2.45) is 0 Å². The summed E-state index contributed by atoms with van der Waals surface area (Å²) >= 11 is 0. The van der Waals surface area contributed by atoms with E-state index in [9.17, 15) is 22.8 Å². The van der Waals surface area contributed by atoms with E-state index in [2.05, 4.69) is 25.4 Å². The predicted octanol–water partition coefficient (Wildman–Crippen LogP) is 3.96. The summed E-state index contributed by atoms with van der Waals surface area (Å²) in [6.45, 7) is 4.00. The van der Waals surface area contributed by atoms with Crippen LogP contribution in [0.1, 0.15) is 52.0 Å². The molecule has 0 fully saturated rings. The summed E-state index contributed by atoms with van der Waals surface area (Å²) in [5.74, 6) is -1.16. The third-order valence-corrected chi connectivity index (χ3v) is 5.02. The molecule has 12 heteroatoms. The van der Waals surface area contributed by atoms with E-state index in [4.69, 9.17) is 0 Å². The van der Waals surface area contributed by atoms with Gasteiger partial charge in [-0.25, -0.2) is 9.97 Å². The van der Waals surface area contributed by atoms with E-state index in [0.29, 0.717) is 21.3 Å². The Morgan fingerprint density at radius 2 is 1.88 bits per heavy atom. The molecule has 0 radical (unpaired) electrons. The number of hydrogen-bond donors (Lipinski definition) is 1. The van der Waals surface area contributed by atoms with Gasteiger partial charge in [-0.2, -0.15) is 18.3 Å². The van der Waals surface area contributed by atoms with E-state index in [1.54, 1.807) is 12.4 Å². The highest BCUT2D eigenvalue weighted by atomic mass is 19.4.